The van der Waals surface area contributed by atoms with Crippen molar-refractivity contribution in [3.8, 4) is 10.8 Å². The molecule has 3 aromatic rings. The van der Waals surface area contributed by atoms with Crippen molar-refractivity contribution in [3.05, 3.63) is 57.7 Å². The lowest BCUT2D eigenvalue weighted by atomic mass is 10.2. The van der Waals surface area contributed by atoms with Gasteiger partial charge in [-0.3, -0.25) is 4.79 Å². The van der Waals surface area contributed by atoms with E-state index in [1.165, 1.54) is 0 Å². The van der Waals surface area contributed by atoms with E-state index in [2.05, 4.69) is 31.4 Å². The summed E-state index contributed by atoms with van der Waals surface area (Å²) in [5.74, 6) is 0.903. The molecule has 3 rings (SSSR count). The van der Waals surface area contributed by atoms with Crippen molar-refractivity contribution < 1.29 is 9.21 Å². The van der Waals surface area contributed by atoms with Gasteiger partial charge >= 0.3 is 0 Å². The highest BCUT2D eigenvalue weighted by molar-refractivity contribution is 9.10. The van der Waals surface area contributed by atoms with Gasteiger partial charge in [0, 0.05) is 23.0 Å². The number of nitrogens with zero attached hydrogens (tertiary/aromatic N) is 2. The molecule has 5 nitrogen and oxygen atoms in total. The molecule has 1 amide bonds. The molecule has 0 fully saturated rings. The maximum Gasteiger partial charge on any atom is 0.257 e. The minimum atomic E-state index is -0.126. The second kappa shape index (κ2) is 6.85. The minimum Gasteiger partial charge on any atom is -0.420 e. The number of carbonyl (C=O) groups excluding carboxylic acids is 1. The number of hydrogen-bond acceptors (Lipinski definition) is 5. The Labute approximate surface area is 139 Å². The summed E-state index contributed by atoms with van der Waals surface area (Å²) in [5, 5.41) is 12.8. The standard InChI is InChI=1S/C15H12BrN3O2S/c16-11-4-1-3-10(9-11)14(20)17-7-6-13-18-19-15(21-13)12-5-2-8-22-12/h1-5,8-9H,6-7H2,(H,17,20). The SMILES string of the molecule is O=C(NCCc1nnc(-c2cccs2)o1)c1cccc(Br)c1. The summed E-state index contributed by atoms with van der Waals surface area (Å²) < 4.78 is 6.44. The molecule has 0 saturated carbocycles. The van der Waals surface area contributed by atoms with E-state index in [1.54, 1.807) is 23.5 Å². The Morgan fingerprint density at radius 1 is 1.27 bits per heavy atom. The zero-order chi connectivity index (χ0) is 15.4. The van der Waals surface area contributed by atoms with Gasteiger partial charge in [-0.25, -0.2) is 0 Å². The molecule has 0 atom stereocenters. The van der Waals surface area contributed by atoms with Gasteiger partial charge < -0.3 is 9.73 Å². The molecule has 0 bridgehead atoms. The largest absolute Gasteiger partial charge is 0.420 e. The van der Waals surface area contributed by atoms with Crippen molar-refractivity contribution in [3.63, 3.8) is 0 Å². The van der Waals surface area contributed by atoms with E-state index in [0.717, 1.165) is 9.35 Å². The average molecular weight is 378 g/mol. The van der Waals surface area contributed by atoms with Crippen LogP contribution in [-0.4, -0.2) is 22.6 Å². The highest BCUT2D eigenvalue weighted by Gasteiger charge is 2.10. The molecular weight excluding hydrogens is 366 g/mol. The lowest BCUT2D eigenvalue weighted by molar-refractivity contribution is 0.0953. The van der Waals surface area contributed by atoms with Gasteiger partial charge in [0.15, 0.2) is 0 Å². The molecule has 0 saturated heterocycles. The third-order valence-electron chi connectivity index (χ3n) is 2.91. The number of amides is 1. The molecule has 1 aromatic carbocycles. The zero-order valence-corrected chi connectivity index (χ0v) is 13.9. The van der Waals surface area contributed by atoms with Gasteiger partial charge in [0.1, 0.15) is 0 Å². The highest BCUT2D eigenvalue weighted by atomic mass is 79.9. The van der Waals surface area contributed by atoms with Crippen LogP contribution in [-0.2, 0) is 6.42 Å². The van der Waals surface area contributed by atoms with E-state index in [1.807, 2.05) is 29.6 Å². The third kappa shape index (κ3) is 3.61. The number of hydrogen-bond donors (Lipinski definition) is 1. The van der Waals surface area contributed by atoms with Crippen LogP contribution in [0.15, 0.2) is 50.7 Å². The summed E-state index contributed by atoms with van der Waals surface area (Å²) in [6.45, 7) is 0.442. The lowest BCUT2D eigenvalue weighted by Crippen LogP contribution is -2.25. The molecule has 2 aromatic heterocycles. The van der Waals surface area contributed by atoms with Gasteiger partial charge in [-0.2, -0.15) is 0 Å². The first-order valence-corrected chi connectivity index (χ1v) is 8.29. The first-order valence-electron chi connectivity index (χ1n) is 6.62. The van der Waals surface area contributed by atoms with E-state index in [4.69, 9.17) is 4.42 Å². The number of aromatic nitrogens is 2. The van der Waals surface area contributed by atoms with Crippen molar-refractivity contribution in [2.75, 3.05) is 6.54 Å². The molecule has 7 heteroatoms. The van der Waals surface area contributed by atoms with E-state index >= 15 is 0 Å². The van der Waals surface area contributed by atoms with Crippen molar-refractivity contribution in [2.24, 2.45) is 0 Å². The predicted molar refractivity (Wildman–Crippen MR) is 87.8 cm³/mol. The number of benzene rings is 1. The Morgan fingerprint density at radius 3 is 2.95 bits per heavy atom. The van der Waals surface area contributed by atoms with Crippen molar-refractivity contribution in [2.45, 2.75) is 6.42 Å². The third-order valence-corrected chi connectivity index (χ3v) is 4.26. The van der Waals surface area contributed by atoms with E-state index < -0.39 is 0 Å². The van der Waals surface area contributed by atoms with Crippen LogP contribution < -0.4 is 5.32 Å². The van der Waals surface area contributed by atoms with Crippen LogP contribution in [0, 0.1) is 0 Å². The van der Waals surface area contributed by atoms with Gasteiger partial charge in [-0.15, -0.1) is 21.5 Å². The summed E-state index contributed by atoms with van der Waals surface area (Å²) >= 11 is 4.89. The monoisotopic (exact) mass is 377 g/mol. The number of carbonyl (C=O) groups is 1. The zero-order valence-electron chi connectivity index (χ0n) is 11.5. The Balaban J connectivity index is 1.54. The molecule has 22 heavy (non-hydrogen) atoms. The minimum absolute atomic E-state index is 0.126. The summed E-state index contributed by atoms with van der Waals surface area (Å²) in [6, 6.07) is 11.1. The van der Waals surface area contributed by atoms with Gasteiger partial charge in [-0.05, 0) is 29.6 Å². The fraction of sp³-hybridized carbons (Fsp3) is 0.133. The van der Waals surface area contributed by atoms with E-state index in [0.29, 0.717) is 30.3 Å². The molecule has 1 N–H and O–H groups in total. The first-order chi connectivity index (χ1) is 10.7. The normalized spacial score (nSPS) is 10.6. The highest BCUT2D eigenvalue weighted by Crippen LogP contribution is 2.22. The topological polar surface area (TPSA) is 68.0 Å². The molecule has 0 aliphatic rings. The molecule has 0 radical (unpaired) electrons. The van der Waals surface area contributed by atoms with Crippen LogP contribution in [0.2, 0.25) is 0 Å². The number of halogens is 1. The van der Waals surface area contributed by atoms with Gasteiger partial charge in [0.2, 0.25) is 5.89 Å². The maximum absolute atomic E-state index is 12.0. The summed E-state index contributed by atoms with van der Waals surface area (Å²) in [4.78, 5) is 12.9. The van der Waals surface area contributed by atoms with Gasteiger partial charge in [0.25, 0.3) is 11.8 Å². The second-order valence-corrected chi connectivity index (χ2v) is 6.36. The molecule has 112 valence electrons. The van der Waals surface area contributed by atoms with Crippen LogP contribution in [0.3, 0.4) is 0 Å². The summed E-state index contributed by atoms with van der Waals surface area (Å²) in [6.07, 6.45) is 0.498. The quantitative estimate of drug-likeness (QED) is 0.738. The number of thiophene rings is 1. The Kier molecular flexibility index (Phi) is 4.65. The number of nitrogens with one attached hydrogen (secondary N) is 1. The predicted octanol–water partition coefficient (Wildman–Crippen LogP) is 3.53. The average Bonchev–Trinajstić information content (AvgIpc) is 3.18. The molecule has 2 heterocycles. The van der Waals surface area contributed by atoms with Crippen molar-refractivity contribution in [1.82, 2.24) is 15.5 Å². The first kappa shape index (κ1) is 14.9. The fourth-order valence-corrected chi connectivity index (χ4v) is 2.91. The molecule has 0 unspecified atom stereocenters. The van der Waals surface area contributed by atoms with Crippen LogP contribution in [0.25, 0.3) is 10.8 Å². The summed E-state index contributed by atoms with van der Waals surface area (Å²) in [5.41, 5.74) is 0.610. The Bertz CT molecular complexity index is 771. The van der Waals surface area contributed by atoms with Crippen LogP contribution in [0.5, 0.6) is 0 Å². The van der Waals surface area contributed by atoms with E-state index in [-0.39, 0.29) is 5.91 Å². The molecule has 0 aliphatic carbocycles. The molecular formula is C15H12BrN3O2S. The van der Waals surface area contributed by atoms with Gasteiger partial charge in [0.05, 0.1) is 4.88 Å². The van der Waals surface area contributed by atoms with E-state index in [9.17, 15) is 4.79 Å². The van der Waals surface area contributed by atoms with Crippen LogP contribution >= 0.6 is 27.3 Å². The second-order valence-electron chi connectivity index (χ2n) is 4.49. The number of rotatable bonds is 5. The molecule has 0 aliphatic heterocycles. The van der Waals surface area contributed by atoms with Crippen LogP contribution in [0.1, 0.15) is 16.2 Å². The van der Waals surface area contributed by atoms with Crippen molar-refractivity contribution >= 4 is 33.2 Å². The Morgan fingerprint density at radius 2 is 2.18 bits per heavy atom. The van der Waals surface area contributed by atoms with Crippen molar-refractivity contribution in [1.29, 1.82) is 0 Å². The lowest BCUT2D eigenvalue weighted by Gasteiger charge is -2.03. The van der Waals surface area contributed by atoms with Gasteiger partial charge in [-0.1, -0.05) is 28.1 Å². The maximum atomic E-state index is 12.0. The summed E-state index contributed by atoms with van der Waals surface area (Å²) in [7, 11) is 0. The smallest absolute Gasteiger partial charge is 0.257 e. The fourth-order valence-electron chi connectivity index (χ4n) is 1.87. The Hall–Kier alpha value is -1.99. The van der Waals surface area contributed by atoms with Crippen LogP contribution in [0.4, 0.5) is 0 Å². The molecule has 0 spiro atoms.